The number of hydrogen-bond donors (Lipinski definition) is 1. The van der Waals surface area contributed by atoms with E-state index in [1.54, 1.807) is 25.1 Å². The lowest BCUT2D eigenvalue weighted by Gasteiger charge is -2.11. The molecule has 5 nitrogen and oxygen atoms in total. The molecule has 0 unspecified atom stereocenters. The largest absolute Gasteiger partial charge is 0.483 e. The fourth-order valence-electron chi connectivity index (χ4n) is 1.85. The minimum atomic E-state index is -1.03. The Bertz CT molecular complexity index is 724. The summed E-state index contributed by atoms with van der Waals surface area (Å²) in [7, 11) is 0. The highest BCUT2D eigenvalue weighted by Gasteiger charge is 2.09. The van der Waals surface area contributed by atoms with Gasteiger partial charge in [0.1, 0.15) is 19.0 Å². The van der Waals surface area contributed by atoms with Crippen molar-refractivity contribution in [2.24, 2.45) is 0 Å². The summed E-state index contributed by atoms with van der Waals surface area (Å²) in [6.07, 6.45) is 1.33. The van der Waals surface area contributed by atoms with Crippen molar-refractivity contribution in [1.82, 2.24) is 4.57 Å². The highest BCUT2D eigenvalue weighted by Crippen LogP contribution is 2.12. The van der Waals surface area contributed by atoms with E-state index in [1.807, 2.05) is 0 Å². The number of halogens is 1. The number of pyridine rings is 1. The first-order valence-electron chi connectivity index (χ1n) is 6.26. The maximum Gasteiger partial charge on any atom is 0.323 e. The molecule has 0 saturated heterocycles. The molecule has 2 rings (SSSR count). The zero-order chi connectivity index (χ0) is 15.4. The van der Waals surface area contributed by atoms with Crippen LogP contribution in [0, 0.1) is 12.7 Å². The summed E-state index contributed by atoms with van der Waals surface area (Å²) >= 11 is 0. The normalized spacial score (nSPS) is 10.4. The van der Waals surface area contributed by atoms with Crippen LogP contribution < -0.4 is 10.2 Å². The molecule has 0 spiro atoms. The molecule has 0 bridgehead atoms. The van der Waals surface area contributed by atoms with Gasteiger partial charge in [-0.3, -0.25) is 9.59 Å². The predicted octanol–water partition coefficient (Wildman–Crippen LogP) is 1.96. The van der Waals surface area contributed by atoms with Crippen molar-refractivity contribution < 1.29 is 19.0 Å². The summed E-state index contributed by atoms with van der Waals surface area (Å²) in [5, 5.41) is 8.81. The Kier molecular flexibility index (Phi) is 4.37. The van der Waals surface area contributed by atoms with Crippen molar-refractivity contribution in [2.75, 3.05) is 0 Å². The maximum absolute atomic E-state index is 13.5. The summed E-state index contributed by atoms with van der Waals surface area (Å²) in [6.45, 7) is 1.26. The SMILES string of the molecule is Cc1cc(=O)c(OCc2ccccc2F)cn1CC(=O)O. The van der Waals surface area contributed by atoms with Crippen molar-refractivity contribution in [2.45, 2.75) is 20.1 Å². The van der Waals surface area contributed by atoms with Gasteiger partial charge in [0.2, 0.25) is 5.43 Å². The smallest absolute Gasteiger partial charge is 0.323 e. The third-order valence-electron chi connectivity index (χ3n) is 2.96. The van der Waals surface area contributed by atoms with Crippen molar-refractivity contribution in [3.63, 3.8) is 0 Å². The van der Waals surface area contributed by atoms with Gasteiger partial charge in [-0.25, -0.2) is 4.39 Å². The molecule has 6 heteroatoms. The number of nitrogens with zero attached hydrogens (tertiary/aromatic N) is 1. The molecule has 0 fully saturated rings. The molecule has 21 heavy (non-hydrogen) atoms. The molecule has 0 aliphatic rings. The summed E-state index contributed by atoms with van der Waals surface area (Å²) in [6, 6.07) is 7.37. The second-order valence-corrected chi connectivity index (χ2v) is 4.55. The van der Waals surface area contributed by atoms with Crippen LogP contribution in [0.1, 0.15) is 11.3 Å². The van der Waals surface area contributed by atoms with E-state index in [0.29, 0.717) is 11.3 Å². The van der Waals surface area contributed by atoms with Crippen LogP contribution in [0.2, 0.25) is 0 Å². The fraction of sp³-hybridized carbons (Fsp3) is 0.200. The molecule has 0 radical (unpaired) electrons. The molecular formula is C15H14FNO4. The van der Waals surface area contributed by atoms with Crippen LogP contribution in [0.15, 0.2) is 41.3 Å². The highest BCUT2D eigenvalue weighted by molar-refractivity contribution is 5.66. The number of aromatic nitrogens is 1. The van der Waals surface area contributed by atoms with Crippen LogP contribution in [0.3, 0.4) is 0 Å². The molecule has 2 aromatic rings. The first-order valence-corrected chi connectivity index (χ1v) is 6.26. The van der Waals surface area contributed by atoms with Crippen molar-refractivity contribution in [3.8, 4) is 5.75 Å². The minimum Gasteiger partial charge on any atom is -0.483 e. The molecule has 110 valence electrons. The van der Waals surface area contributed by atoms with Crippen LogP contribution in [-0.2, 0) is 17.9 Å². The summed E-state index contributed by atoms with van der Waals surface area (Å²) in [4.78, 5) is 22.6. The van der Waals surface area contributed by atoms with E-state index in [1.165, 1.54) is 22.9 Å². The van der Waals surface area contributed by atoms with E-state index in [0.717, 1.165) is 0 Å². The number of aliphatic carboxylic acids is 1. The van der Waals surface area contributed by atoms with E-state index in [-0.39, 0.29) is 24.3 Å². The van der Waals surface area contributed by atoms with E-state index >= 15 is 0 Å². The third-order valence-corrected chi connectivity index (χ3v) is 2.96. The lowest BCUT2D eigenvalue weighted by atomic mass is 10.2. The first-order chi connectivity index (χ1) is 9.97. The van der Waals surface area contributed by atoms with Crippen molar-refractivity contribution in [3.05, 3.63) is 63.8 Å². The summed E-state index contributed by atoms with van der Waals surface area (Å²) < 4.78 is 20.2. The van der Waals surface area contributed by atoms with E-state index < -0.39 is 11.8 Å². The van der Waals surface area contributed by atoms with Gasteiger partial charge in [-0.2, -0.15) is 0 Å². The maximum atomic E-state index is 13.5. The monoisotopic (exact) mass is 291 g/mol. The quantitative estimate of drug-likeness (QED) is 0.914. The van der Waals surface area contributed by atoms with Crippen LogP contribution in [-0.4, -0.2) is 15.6 Å². The molecule has 1 aromatic carbocycles. The zero-order valence-electron chi connectivity index (χ0n) is 11.4. The van der Waals surface area contributed by atoms with Gasteiger partial charge in [-0.15, -0.1) is 0 Å². The second-order valence-electron chi connectivity index (χ2n) is 4.55. The van der Waals surface area contributed by atoms with Crippen LogP contribution in [0.4, 0.5) is 4.39 Å². The lowest BCUT2D eigenvalue weighted by Crippen LogP contribution is -2.17. The predicted molar refractivity (Wildman–Crippen MR) is 73.8 cm³/mol. The number of hydrogen-bond acceptors (Lipinski definition) is 3. The minimum absolute atomic E-state index is 0.00916. The molecule has 0 atom stereocenters. The van der Waals surface area contributed by atoms with Gasteiger partial charge in [-0.1, -0.05) is 18.2 Å². The number of benzene rings is 1. The van der Waals surface area contributed by atoms with Gasteiger partial charge >= 0.3 is 5.97 Å². The summed E-state index contributed by atoms with van der Waals surface area (Å²) in [5.41, 5.74) is 0.466. The topological polar surface area (TPSA) is 68.5 Å². The van der Waals surface area contributed by atoms with Crippen LogP contribution in [0.5, 0.6) is 5.75 Å². The molecule has 0 amide bonds. The molecule has 1 N–H and O–H groups in total. The molecule has 1 heterocycles. The van der Waals surface area contributed by atoms with E-state index in [2.05, 4.69) is 0 Å². The van der Waals surface area contributed by atoms with Gasteiger partial charge in [0.05, 0.1) is 6.20 Å². The third kappa shape index (κ3) is 3.68. The number of ether oxygens (including phenoxy) is 1. The fourth-order valence-corrected chi connectivity index (χ4v) is 1.85. The molecule has 0 aliphatic carbocycles. The van der Waals surface area contributed by atoms with Crippen LogP contribution >= 0.6 is 0 Å². The lowest BCUT2D eigenvalue weighted by molar-refractivity contribution is -0.137. The number of carboxylic acids is 1. The molecular weight excluding hydrogens is 277 g/mol. The number of aryl methyl sites for hydroxylation is 1. The number of carbonyl (C=O) groups is 1. The summed E-state index contributed by atoms with van der Waals surface area (Å²) in [5.74, 6) is -1.46. The Morgan fingerprint density at radius 2 is 2.10 bits per heavy atom. The second kappa shape index (κ2) is 6.21. The van der Waals surface area contributed by atoms with Gasteiger partial charge < -0.3 is 14.4 Å². The Labute approximate surface area is 120 Å². The Morgan fingerprint density at radius 1 is 1.38 bits per heavy atom. The van der Waals surface area contributed by atoms with Gasteiger partial charge in [0.25, 0.3) is 0 Å². The Morgan fingerprint density at radius 3 is 2.76 bits per heavy atom. The average Bonchev–Trinajstić information content (AvgIpc) is 2.41. The average molecular weight is 291 g/mol. The van der Waals surface area contributed by atoms with E-state index in [4.69, 9.17) is 9.84 Å². The van der Waals surface area contributed by atoms with Crippen molar-refractivity contribution in [1.29, 1.82) is 0 Å². The van der Waals surface area contributed by atoms with Crippen LogP contribution in [0.25, 0.3) is 0 Å². The van der Waals surface area contributed by atoms with E-state index in [9.17, 15) is 14.0 Å². The molecule has 0 aliphatic heterocycles. The van der Waals surface area contributed by atoms with Crippen molar-refractivity contribution >= 4 is 5.97 Å². The molecule has 1 aromatic heterocycles. The highest BCUT2D eigenvalue weighted by atomic mass is 19.1. The molecule has 0 saturated carbocycles. The van der Waals surface area contributed by atoms with Gasteiger partial charge in [-0.05, 0) is 13.0 Å². The number of rotatable bonds is 5. The zero-order valence-corrected chi connectivity index (χ0v) is 11.4. The van der Waals surface area contributed by atoms with Gasteiger partial charge in [0.15, 0.2) is 5.75 Å². The number of carboxylic acid groups (broad SMARTS) is 1. The van der Waals surface area contributed by atoms with Gasteiger partial charge in [0, 0.05) is 17.3 Å². The standard InChI is InChI=1S/C15H14FNO4/c1-10-6-13(18)14(7-17(10)8-15(19)20)21-9-11-4-2-3-5-12(11)16/h2-7H,8-9H2,1H3,(H,19,20). The Balaban J connectivity index is 2.22. The first kappa shape index (κ1) is 14.8. The Hall–Kier alpha value is -2.63.